The molecule has 34 heavy (non-hydrogen) atoms. The van der Waals surface area contributed by atoms with Crippen LogP contribution in [0.15, 0.2) is 71.7 Å². The molecule has 4 aromatic rings. The summed E-state index contributed by atoms with van der Waals surface area (Å²) in [5.41, 5.74) is 3.60. The van der Waals surface area contributed by atoms with Crippen LogP contribution in [0.2, 0.25) is 5.02 Å². The normalized spacial score (nSPS) is 14.7. The van der Waals surface area contributed by atoms with Crippen LogP contribution in [0.5, 0.6) is 5.75 Å². The first-order valence-corrected chi connectivity index (χ1v) is 11.1. The first-order chi connectivity index (χ1) is 16.4. The molecule has 1 atom stereocenters. The van der Waals surface area contributed by atoms with Crippen molar-refractivity contribution in [3.05, 3.63) is 106 Å². The Balaban J connectivity index is 1.60. The summed E-state index contributed by atoms with van der Waals surface area (Å²) in [4.78, 5) is 18.0. The third kappa shape index (κ3) is 4.22. The number of ketones is 1. The summed E-state index contributed by atoms with van der Waals surface area (Å²) >= 11 is 6.10. The lowest BCUT2D eigenvalue weighted by atomic mass is 9.99. The van der Waals surface area contributed by atoms with E-state index < -0.39 is 6.04 Å². The summed E-state index contributed by atoms with van der Waals surface area (Å²) in [6.45, 7) is 1.83. The minimum Gasteiger partial charge on any atom is -0.508 e. The Kier molecular flexibility index (Phi) is 5.71. The number of rotatable bonds is 5. The molecule has 5 rings (SSSR count). The molecule has 0 fully saturated rings. The lowest BCUT2D eigenvalue weighted by molar-refractivity contribution is -0.118. The molecule has 1 aliphatic heterocycles. The van der Waals surface area contributed by atoms with Crippen molar-refractivity contribution in [1.82, 2.24) is 14.8 Å². The molecule has 170 valence electrons. The molecule has 1 aromatic heterocycles. The van der Waals surface area contributed by atoms with E-state index in [1.54, 1.807) is 42.5 Å². The van der Waals surface area contributed by atoms with Crippen molar-refractivity contribution in [1.29, 1.82) is 0 Å². The average molecular weight is 475 g/mol. The van der Waals surface area contributed by atoms with Gasteiger partial charge in [-0.1, -0.05) is 35.9 Å². The van der Waals surface area contributed by atoms with Crippen LogP contribution in [0.25, 0.3) is 5.69 Å². The molecule has 8 heteroatoms. The second kappa shape index (κ2) is 8.83. The van der Waals surface area contributed by atoms with Gasteiger partial charge in [-0.2, -0.15) is 0 Å². The number of nitrogens with zero attached hydrogens (tertiary/aromatic N) is 4. The van der Waals surface area contributed by atoms with Gasteiger partial charge in [0.25, 0.3) is 0 Å². The molecule has 6 nitrogen and oxygen atoms in total. The number of phenols is 1. The van der Waals surface area contributed by atoms with Crippen molar-refractivity contribution in [3.8, 4) is 11.4 Å². The highest BCUT2D eigenvalue weighted by atomic mass is 35.5. The number of hydrogen-bond donors (Lipinski definition) is 1. The molecule has 0 spiro atoms. The quantitative estimate of drug-likeness (QED) is 0.433. The number of aliphatic imine (C=N–C) groups is 1. The highest BCUT2D eigenvalue weighted by molar-refractivity contribution is 6.30. The fourth-order valence-electron chi connectivity index (χ4n) is 4.18. The molecule has 0 bridgehead atoms. The second-order valence-electron chi connectivity index (χ2n) is 8.19. The molecule has 2 heterocycles. The molecule has 0 radical (unpaired) electrons. The van der Waals surface area contributed by atoms with Crippen LogP contribution in [0.4, 0.5) is 4.39 Å². The SMILES string of the molecule is Cc1nnc2n1-c1ccc(O)cc1C(c1ccc(Cl)cc1)=N[C@H]2CC(=O)Cc1ccc(F)cc1. The van der Waals surface area contributed by atoms with Crippen molar-refractivity contribution in [2.75, 3.05) is 0 Å². The van der Waals surface area contributed by atoms with E-state index in [4.69, 9.17) is 16.6 Å². The Morgan fingerprint density at radius 3 is 2.53 bits per heavy atom. The van der Waals surface area contributed by atoms with Gasteiger partial charge in [-0.25, -0.2) is 4.39 Å². The monoisotopic (exact) mass is 474 g/mol. The standard InChI is InChI=1S/C26H20ClFN4O2/c1-15-30-31-26-23(14-21(34)12-16-2-8-19(28)9-3-16)29-25(17-4-6-18(27)7-5-17)22-13-20(33)10-11-24(22)32(15)26/h2-11,13,23,33H,12,14H2,1H3/t23-/m0/s1. The van der Waals surface area contributed by atoms with Crippen molar-refractivity contribution in [2.24, 2.45) is 4.99 Å². The molecular formula is C26H20ClFN4O2. The summed E-state index contributed by atoms with van der Waals surface area (Å²) in [7, 11) is 0. The lowest BCUT2D eigenvalue weighted by Crippen LogP contribution is -2.12. The summed E-state index contributed by atoms with van der Waals surface area (Å²) in [6.07, 6.45) is 0.246. The number of fused-ring (bicyclic) bond motifs is 3. The molecule has 1 aliphatic rings. The molecule has 0 unspecified atom stereocenters. The number of aryl methyl sites for hydroxylation is 1. The summed E-state index contributed by atoms with van der Waals surface area (Å²) in [6, 6.07) is 17.6. The van der Waals surface area contributed by atoms with Gasteiger partial charge >= 0.3 is 0 Å². The summed E-state index contributed by atoms with van der Waals surface area (Å²) in [5.74, 6) is 0.878. The predicted octanol–water partition coefficient (Wildman–Crippen LogP) is 5.17. The van der Waals surface area contributed by atoms with Crippen LogP contribution in [0, 0.1) is 12.7 Å². The zero-order valence-electron chi connectivity index (χ0n) is 18.2. The molecular weight excluding hydrogens is 455 g/mol. The fraction of sp³-hybridized carbons (Fsp3) is 0.154. The van der Waals surface area contributed by atoms with Gasteiger partial charge in [0.15, 0.2) is 5.82 Å². The van der Waals surface area contributed by atoms with Gasteiger partial charge in [0, 0.05) is 29.0 Å². The number of aromatic nitrogens is 3. The first-order valence-electron chi connectivity index (χ1n) is 10.7. The highest BCUT2D eigenvalue weighted by Crippen LogP contribution is 2.34. The van der Waals surface area contributed by atoms with Gasteiger partial charge in [-0.15, -0.1) is 10.2 Å². The van der Waals surface area contributed by atoms with Gasteiger partial charge in [-0.3, -0.25) is 14.4 Å². The lowest BCUT2D eigenvalue weighted by Gasteiger charge is -2.13. The van der Waals surface area contributed by atoms with E-state index >= 15 is 0 Å². The number of hydrogen-bond acceptors (Lipinski definition) is 5. The fourth-order valence-corrected chi connectivity index (χ4v) is 4.30. The smallest absolute Gasteiger partial charge is 0.162 e. The molecule has 0 amide bonds. The average Bonchev–Trinajstić information content (AvgIpc) is 3.14. The van der Waals surface area contributed by atoms with Crippen molar-refractivity contribution < 1.29 is 14.3 Å². The summed E-state index contributed by atoms with van der Waals surface area (Å²) in [5, 5.41) is 19.4. The Bertz CT molecular complexity index is 1410. The Hall–Kier alpha value is -3.84. The maximum Gasteiger partial charge on any atom is 0.162 e. The zero-order valence-corrected chi connectivity index (χ0v) is 19.0. The van der Waals surface area contributed by atoms with Crippen molar-refractivity contribution in [3.63, 3.8) is 0 Å². The number of benzene rings is 3. The first kappa shape index (κ1) is 22.0. The van der Waals surface area contributed by atoms with Crippen LogP contribution in [0.3, 0.4) is 0 Å². The molecule has 0 saturated heterocycles. The largest absolute Gasteiger partial charge is 0.508 e. The van der Waals surface area contributed by atoms with E-state index in [1.165, 1.54) is 12.1 Å². The second-order valence-corrected chi connectivity index (χ2v) is 8.63. The topological polar surface area (TPSA) is 80.4 Å². The van der Waals surface area contributed by atoms with E-state index in [0.717, 1.165) is 16.8 Å². The Morgan fingerprint density at radius 2 is 1.79 bits per heavy atom. The Labute approximate surface area is 200 Å². The van der Waals surface area contributed by atoms with Gasteiger partial charge in [0.1, 0.15) is 29.2 Å². The highest BCUT2D eigenvalue weighted by Gasteiger charge is 2.29. The third-order valence-electron chi connectivity index (χ3n) is 5.76. The number of Topliss-reactive ketones (excluding diaryl/α,β-unsaturated/α-hetero) is 1. The van der Waals surface area contributed by atoms with E-state index in [0.29, 0.717) is 27.9 Å². The van der Waals surface area contributed by atoms with E-state index in [-0.39, 0.29) is 30.2 Å². The van der Waals surface area contributed by atoms with Crippen molar-refractivity contribution >= 4 is 23.1 Å². The van der Waals surface area contributed by atoms with E-state index in [9.17, 15) is 14.3 Å². The van der Waals surface area contributed by atoms with Crippen LogP contribution in [0.1, 0.15) is 40.8 Å². The maximum absolute atomic E-state index is 13.3. The van der Waals surface area contributed by atoms with E-state index in [2.05, 4.69) is 10.2 Å². The number of carbonyl (C=O) groups excluding carboxylic acids is 1. The van der Waals surface area contributed by atoms with Gasteiger partial charge in [0.2, 0.25) is 0 Å². The van der Waals surface area contributed by atoms with Crippen molar-refractivity contribution in [2.45, 2.75) is 25.8 Å². The molecule has 0 saturated carbocycles. The summed E-state index contributed by atoms with van der Waals surface area (Å²) < 4.78 is 15.1. The third-order valence-corrected chi connectivity index (χ3v) is 6.01. The number of carbonyl (C=O) groups is 1. The Morgan fingerprint density at radius 1 is 1.06 bits per heavy atom. The maximum atomic E-state index is 13.3. The number of aromatic hydroxyl groups is 1. The van der Waals surface area contributed by atoms with Crippen LogP contribution >= 0.6 is 11.6 Å². The molecule has 1 N–H and O–H groups in total. The van der Waals surface area contributed by atoms with Crippen LogP contribution in [-0.2, 0) is 11.2 Å². The van der Waals surface area contributed by atoms with E-state index in [1.807, 2.05) is 23.6 Å². The van der Waals surface area contributed by atoms with Gasteiger partial charge < -0.3 is 5.11 Å². The predicted molar refractivity (Wildman–Crippen MR) is 127 cm³/mol. The van der Waals surface area contributed by atoms with Crippen LogP contribution < -0.4 is 0 Å². The molecule has 3 aromatic carbocycles. The van der Waals surface area contributed by atoms with Crippen LogP contribution in [-0.4, -0.2) is 31.4 Å². The zero-order chi connectivity index (χ0) is 23.8. The molecule has 0 aliphatic carbocycles. The minimum atomic E-state index is -0.602. The van der Waals surface area contributed by atoms with Gasteiger partial charge in [-0.05, 0) is 55.0 Å². The number of phenolic OH excluding ortho intramolecular Hbond substituents is 1. The number of halogens is 2. The van der Waals surface area contributed by atoms with Gasteiger partial charge in [0.05, 0.1) is 11.4 Å². The minimum absolute atomic E-state index is 0.0585.